The van der Waals surface area contributed by atoms with E-state index in [-0.39, 0.29) is 18.6 Å². The fourth-order valence-corrected chi connectivity index (χ4v) is 2.04. The largest absolute Gasteiger partial charge is 0.384 e. The summed E-state index contributed by atoms with van der Waals surface area (Å²) in [4.78, 5) is 11.8. The normalized spacial score (nSPS) is 17.6. The Morgan fingerprint density at radius 1 is 1.53 bits per heavy atom. The second-order valence-corrected chi connectivity index (χ2v) is 4.43. The van der Waals surface area contributed by atoms with E-state index in [9.17, 15) is 4.79 Å². The zero-order valence-corrected chi connectivity index (χ0v) is 10.7. The van der Waals surface area contributed by atoms with Gasteiger partial charge in [0.25, 0.3) is 0 Å². The molecule has 0 spiro atoms. The summed E-state index contributed by atoms with van der Waals surface area (Å²) in [6, 6.07) is 7.26. The molecule has 0 bridgehead atoms. The van der Waals surface area contributed by atoms with Crippen LogP contribution in [0.3, 0.4) is 0 Å². The van der Waals surface area contributed by atoms with Crippen LogP contribution in [-0.4, -0.2) is 30.3 Å². The van der Waals surface area contributed by atoms with Crippen molar-refractivity contribution in [2.24, 2.45) is 0 Å². The number of benzene rings is 1. The molecule has 2 N–H and O–H groups in total. The third kappa shape index (κ3) is 4.40. The number of rotatable bonds is 3. The summed E-state index contributed by atoms with van der Waals surface area (Å²) in [5.74, 6) is 5.34. The van der Waals surface area contributed by atoms with Gasteiger partial charge in [-0.15, -0.1) is 0 Å². The number of amides is 1. The minimum atomic E-state index is -0.171. The van der Waals surface area contributed by atoms with E-state index in [4.69, 9.17) is 9.84 Å². The number of hydrogen-bond acceptors (Lipinski definition) is 3. The van der Waals surface area contributed by atoms with E-state index >= 15 is 0 Å². The van der Waals surface area contributed by atoms with Crippen molar-refractivity contribution in [3.63, 3.8) is 0 Å². The molecule has 0 aliphatic carbocycles. The first-order chi connectivity index (χ1) is 9.28. The van der Waals surface area contributed by atoms with E-state index in [1.807, 2.05) is 18.2 Å². The highest BCUT2D eigenvalue weighted by molar-refractivity contribution is 5.91. The Hall–Kier alpha value is -1.83. The number of carbonyl (C=O) groups excluding carboxylic acids is 1. The predicted octanol–water partition coefficient (Wildman–Crippen LogP) is 1.54. The quantitative estimate of drug-likeness (QED) is 0.809. The molecule has 4 heteroatoms. The number of hydrogen-bond donors (Lipinski definition) is 2. The molecule has 1 amide bonds. The molecule has 2 rings (SSSR count). The summed E-state index contributed by atoms with van der Waals surface area (Å²) in [6.07, 6.45) is 2.43. The Morgan fingerprint density at radius 3 is 3.16 bits per heavy atom. The minimum absolute atomic E-state index is 0.0424. The van der Waals surface area contributed by atoms with Crippen molar-refractivity contribution in [3.05, 3.63) is 29.8 Å². The number of aliphatic hydroxyl groups is 1. The van der Waals surface area contributed by atoms with E-state index in [0.29, 0.717) is 12.1 Å². The summed E-state index contributed by atoms with van der Waals surface area (Å²) >= 11 is 0. The molecular formula is C15H17NO3. The fourth-order valence-electron chi connectivity index (χ4n) is 2.04. The molecule has 0 radical (unpaired) electrons. The van der Waals surface area contributed by atoms with Gasteiger partial charge in [0.2, 0.25) is 5.91 Å². The third-order valence-corrected chi connectivity index (χ3v) is 2.90. The summed E-state index contributed by atoms with van der Waals surface area (Å²) in [5.41, 5.74) is 1.48. The highest BCUT2D eigenvalue weighted by Gasteiger charge is 2.18. The molecule has 1 saturated heterocycles. The van der Waals surface area contributed by atoms with Crippen molar-refractivity contribution >= 4 is 11.6 Å². The van der Waals surface area contributed by atoms with Crippen LogP contribution in [0.4, 0.5) is 5.69 Å². The van der Waals surface area contributed by atoms with Crippen LogP contribution in [0.1, 0.15) is 24.8 Å². The van der Waals surface area contributed by atoms with Crippen LogP contribution in [0.2, 0.25) is 0 Å². The highest BCUT2D eigenvalue weighted by atomic mass is 16.5. The Morgan fingerprint density at radius 2 is 2.42 bits per heavy atom. The second-order valence-electron chi connectivity index (χ2n) is 4.43. The first kappa shape index (κ1) is 13.6. The number of anilines is 1. The van der Waals surface area contributed by atoms with Gasteiger partial charge in [-0.25, -0.2) is 0 Å². The molecule has 1 aromatic carbocycles. The van der Waals surface area contributed by atoms with E-state index < -0.39 is 0 Å². The van der Waals surface area contributed by atoms with Crippen molar-refractivity contribution in [1.82, 2.24) is 0 Å². The van der Waals surface area contributed by atoms with Gasteiger partial charge in [-0.2, -0.15) is 0 Å². The molecule has 1 aliphatic rings. The Kier molecular flexibility index (Phi) is 4.96. The molecular weight excluding hydrogens is 242 g/mol. The lowest BCUT2D eigenvalue weighted by molar-refractivity contribution is -0.118. The van der Waals surface area contributed by atoms with Crippen LogP contribution in [0.25, 0.3) is 0 Å². The molecule has 1 fully saturated rings. The molecule has 4 nitrogen and oxygen atoms in total. The van der Waals surface area contributed by atoms with Gasteiger partial charge in [0.15, 0.2) is 0 Å². The van der Waals surface area contributed by atoms with Gasteiger partial charge in [-0.3, -0.25) is 4.79 Å². The summed E-state index contributed by atoms with van der Waals surface area (Å²) in [5, 5.41) is 11.5. The maximum atomic E-state index is 11.8. The standard InChI is InChI=1S/C15H17NO3/c17-8-2-5-12-4-1-6-13(10-12)16-15(18)11-14-7-3-9-19-14/h1,4,6,10,14,17H,3,7-9,11H2,(H,16,18). The lowest BCUT2D eigenvalue weighted by atomic mass is 10.1. The predicted molar refractivity (Wildman–Crippen MR) is 72.6 cm³/mol. The minimum Gasteiger partial charge on any atom is -0.384 e. The lowest BCUT2D eigenvalue weighted by Gasteiger charge is -2.09. The SMILES string of the molecule is O=C(CC1CCCO1)Nc1cccc(C#CCO)c1. The van der Waals surface area contributed by atoms with Gasteiger partial charge in [0.05, 0.1) is 12.5 Å². The first-order valence-electron chi connectivity index (χ1n) is 6.39. The number of nitrogens with one attached hydrogen (secondary N) is 1. The molecule has 100 valence electrons. The van der Waals surface area contributed by atoms with Crippen LogP contribution in [0.15, 0.2) is 24.3 Å². The average molecular weight is 259 g/mol. The van der Waals surface area contributed by atoms with Crippen LogP contribution in [0.5, 0.6) is 0 Å². The van der Waals surface area contributed by atoms with Crippen LogP contribution < -0.4 is 5.32 Å². The van der Waals surface area contributed by atoms with Crippen molar-refractivity contribution in [3.8, 4) is 11.8 Å². The highest BCUT2D eigenvalue weighted by Crippen LogP contribution is 2.17. The Labute approximate surface area is 112 Å². The molecule has 0 saturated carbocycles. The van der Waals surface area contributed by atoms with E-state index in [2.05, 4.69) is 17.2 Å². The molecule has 19 heavy (non-hydrogen) atoms. The fraction of sp³-hybridized carbons (Fsp3) is 0.400. The number of ether oxygens (including phenoxy) is 1. The van der Waals surface area contributed by atoms with E-state index in [1.165, 1.54) is 0 Å². The topological polar surface area (TPSA) is 58.6 Å². The average Bonchev–Trinajstić information content (AvgIpc) is 2.89. The summed E-state index contributed by atoms with van der Waals surface area (Å²) in [7, 11) is 0. The molecule has 1 aromatic rings. The van der Waals surface area contributed by atoms with Gasteiger partial charge in [0, 0.05) is 17.9 Å². The zero-order chi connectivity index (χ0) is 13.5. The van der Waals surface area contributed by atoms with Gasteiger partial charge in [-0.1, -0.05) is 17.9 Å². The van der Waals surface area contributed by atoms with Crippen molar-refractivity contribution in [2.45, 2.75) is 25.4 Å². The van der Waals surface area contributed by atoms with Crippen molar-refractivity contribution in [2.75, 3.05) is 18.5 Å². The van der Waals surface area contributed by atoms with Gasteiger partial charge in [-0.05, 0) is 31.0 Å². The Bertz CT molecular complexity index is 496. The maximum Gasteiger partial charge on any atom is 0.226 e. The summed E-state index contributed by atoms with van der Waals surface area (Å²) < 4.78 is 5.43. The second kappa shape index (κ2) is 6.93. The monoisotopic (exact) mass is 259 g/mol. The summed E-state index contributed by atoms with van der Waals surface area (Å²) in [6.45, 7) is 0.583. The molecule has 1 unspecified atom stereocenters. The van der Waals surface area contributed by atoms with Crippen LogP contribution >= 0.6 is 0 Å². The van der Waals surface area contributed by atoms with Crippen molar-refractivity contribution < 1.29 is 14.6 Å². The molecule has 1 atom stereocenters. The number of aliphatic hydroxyl groups excluding tert-OH is 1. The molecule has 0 aromatic heterocycles. The van der Waals surface area contributed by atoms with E-state index in [1.54, 1.807) is 6.07 Å². The first-order valence-corrected chi connectivity index (χ1v) is 6.39. The smallest absolute Gasteiger partial charge is 0.226 e. The zero-order valence-electron chi connectivity index (χ0n) is 10.7. The molecule has 1 aliphatic heterocycles. The van der Waals surface area contributed by atoms with E-state index in [0.717, 1.165) is 25.0 Å². The Balaban J connectivity index is 1.92. The number of carbonyl (C=O) groups is 1. The van der Waals surface area contributed by atoms with Gasteiger partial charge in [0.1, 0.15) is 6.61 Å². The van der Waals surface area contributed by atoms with Crippen LogP contribution in [-0.2, 0) is 9.53 Å². The molecule has 1 heterocycles. The maximum absolute atomic E-state index is 11.8. The third-order valence-electron chi connectivity index (χ3n) is 2.90. The van der Waals surface area contributed by atoms with Gasteiger partial charge >= 0.3 is 0 Å². The lowest BCUT2D eigenvalue weighted by Crippen LogP contribution is -2.19. The van der Waals surface area contributed by atoms with Crippen LogP contribution in [0, 0.1) is 11.8 Å². The van der Waals surface area contributed by atoms with Gasteiger partial charge < -0.3 is 15.2 Å². The van der Waals surface area contributed by atoms with Crippen molar-refractivity contribution in [1.29, 1.82) is 0 Å².